The van der Waals surface area contributed by atoms with Gasteiger partial charge in [0.05, 0.1) is 6.26 Å². The lowest BCUT2D eigenvalue weighted by Gasteiger charge is -2.08. The zero-order valence-electron chi connectivity index (χ0n) is 12.5. The molecule has 0 unspecified atom stereocenters. The summed E-state index contributed by atoms with van der Waals surface area (Å²) in [5, 5.41) is 6.74. The van der Waals surface area contributed by atoms with E-state index in [1.54, 1.807) is 12.1 Å². The summed E-state index contributed by atoms with van der Waals surface area (Å²) in [7, 11) is 0. The van der Waals surface area contributed by atoms with Crippen molar-refractivity contribution in [2.45, 2.75) is 19.9 Å². The zero-order valence-corrected chi connectivity index (χ0v) is 12.5. The molecule has 0 aliphatic rings. The van der Waals surface area contributed by atoms with Crippen molar-refractivity contribution in [3.8, 4) is 11.7 Å². The molecule has 3 aromatic rings. The van der Waals surface area contributed by atoms with E-state index in [0.717, 1.165) is 22.4 Å². The fourth-order valence-corrected chi connectivity index (χ4v) is 2.18. The number of benzene rings is 1. The Morgan fingerprint density at radius 1 is 1.26 bits per heavy atom. The Kier molecular flexibility index (Phi) is 4.09. The first-order valence-corrected chi connectivity index (χ1v) is 7.17. The molecule has 0 atom stereocenters. The molecule has 1 N–H and O–H groups in total. The average molecular weight is 313 g/mol. The molecule has 0 spiro atoms. The number of nitrogens with zero attached hydrogens (tertiary/aromatic N) is 2. The predicted octanol–water partition coefficient (Wildman–Crippen LogP) is 2.30. The quantitative estimate of drug-likeness (QED) is 0.780. The van der Waals surface area contributed by atoms with Gasteiger partial charge in [0.25, 0.3) is 5.89 Å². The highest BCUT2D eigenvalue weighted by Gasteiger charge is 2.15. The summed E-state index contributed by atoms with van der Waals surface area (Å²) in [6.07, 6.45) is 2.24. The Morgan fingerprint density at radius 2 is 2.09 bits per heavy atom. The maximum Gasteiger partial charge on any atom is 0.437 e. The van der Waals surface area contributed by atoms with Crippen LogP contribution in [0.2, 0.25) is 0 Å². The number of nitrogens with one attached hydrogen (secondary N) is 1. The van der Waals surface area contributed by atoms with Crippen molar-refractivity contribution in [2.75, 3.05) is 5.32 Å². The Bertz CT molecular complexity index is 862. The SMILES string of the molecule is CCc1ccccc1NC(=O)Cn1nc(-c2ccco2)oc1=O. The van der Waals surface area contributed by atoms with Crippen LogP contribution >= 0.6 is 0 Å². The highest BCUT2D eigenvalue weighted by Crippen LogP contribution is 2.16. The van der Waals surface area contributed by atoms with Gasteiger partial charge >= 0.3 is 5.76 Å². The number of aromatic nitrogens is 2. The molecule has 0 saturated heterocycles. The number of anilines is 1. The number of furan rings is 1. The van der Waals surface area contributed by atoms with E-state index in [4.69, 9.17) is 8.83 Å². The van der Waals surface area contributed by atoms with Crippen LogP contribution < -0.4 is 11.1 Å². The number of para-hydroxylation sites is 1. The van der Waals surface area contributed by atoms with Gasteiger partial charge in [-0.05, 0) is 30.2 Å². The van der Waals surface area contributed by atoms with Crippen LogP contribution in [0.3, 0.4) is 0 Å². The minimum absolute atomic E-state index is 0.0433. The summed E-state index contributed by atoms with van der Waals surface area (Å²) in [5.41, 5.74) is 1.74. The molecule has 7 heteroatoms. The Labute approximate surface area is 131 Å². The van der Waals surface area contributed by atoms with Gasteiger partial charge in [-0.2, -0.15) is 4.68 Å². The minimum Gasteiger partial charge on any atom is -0.459 e. The standard InChI is InChI=1S/C16H15N3O4/c1-2-11-6-3-4-7-12(11)17-14(20)10-19-16(21)23-15(18-19)13-8-5-9-22-13/h3-9H,2,10H2,1H3,(H,17,20). The third-order valence-electron chi connectivity index (χ3n) is 3.30. The van der Waals surface area contributed by atoms with E-state index in [0.29, 0.717) is 5.76 Å². The molecule has 1 aromatic carbocycles. The third kappa shape index (κ3) is 3.23. The predicted molar refractivity (Wildman–Crippen MR) is 82.9 cm³/mol. The number of hydrogen-bond acceptors (Lipinski definition) is 5. The molecule has 1 amide bonds. The summed E-state index contributed by atoms with van der Waals surface area (Å²) in [6.45, 7) is 1.77. The zero-order chi connectivity index (χ0) is 16.2. The summed E-state index contributed by atoms with van der Waals surface area (Å²) < 4.78 is 11.0. The molecule has 0 radical (unpaired) electrons. The van der Waals surface area contributed by atoms with E-state index >= 15 is 0 Å². The van der Waals surface area contributed by atoms with Crippen LogP contribution in [-0.4, -0.2) is 15.7 Å². The second kappa shape index (κ2) is 6.35. The van der Waals surface area contributed by atoms with Crippen molar-refractivity contribution in [1.29, 1.82) is 0 Å². The molecule has 2 heterocycles. The molecule has 3 rings (SSSR count). The number of carbonyl (C=O) groups is 1. The fourth-order valence-electron chi connectivity index (χ4n) is 2.18. The molecular formula is C16H15N3O4. The second-order valence-corrected chi connectivity index (χ2v) is 4.87. The lowest BCUT2D eigenvalue weighted by atomic mass is 10.1. The monoisotopic (exact) mass is 313 g/mol. The smallest absolute Gasteiger partial charge is 0.437 e. The van der Waals surface area contributed by atoms with Gasteiger partial charge in [-0.15, -0.1) is 5.10 Å². The van der Waals surface area contributed by atoms with Gasteiger partial charge in [0.2, 0.25) is 5.91 Å². The van der Waals surface area contributed by atoms with Crippen LogP contribution in [-0.2, 0) is 17.8 Å². The number of aryl methyl sites for hydroxylation is 1. The van der Waals surface area contributed by atoms with Crippen molar-refractivity contribution >= 4 is 11.6 Å². The summed E-state index contributed by atoms with van der Waals surface area (Å²) in [5.74, 6) is -0.693. The van der Waals surface area contributed by atoms with Gasteiger partial charge in [-0.25, -0.2) is 4.79 Å². The molecule has 0 aliphatic carbocycles. The molecular weight excluding hydrogens is 298 g/mol. The van der Waals surface area contributed by atoms with Crippen LogP contribution in [0.5, 0.6) is 0 Å². The first kappa shape index (κ1) is 14.8. The molecule has 2 aromatic heterocycles. The van der Waals surface area contributed by atoms with Crippen LogP contribution in [0.25, 0.3) is 11.7 Å². The Hall–Kier alpha value is -3.09. The van der Waals surface area contributed by atoms with Gasteiger partial charge in [-0.1, -0.05) is 25.1 Å². The van der Waals surface area contributed by atoms with Crippen molar-refractivity contribution < 1.29 is 13.6 Å². The van der Waals surface area contributed by atoms with Crippen molar-refractivity contribution in [2.24, 2.45) is 0 Å². The van der Waals surface area contributed by atoms with Gasteiger partial charge in [0.1, 0.15) is 6.54 Å². The van der Waals surface area contributed by atoms with E-state index in [1.165, 1.54) is 6.26 Å². The fraction of sp³-hybridized carbons (Fsp3) is 0.188. The highest BCUT2D eigenvalue weighted by molar-refractivity contribution is 5.91. The molecule has 0 saturated carbocycles. The van der Waals surface area contributed by atoms with E-state index in [9.17, 15) is 9.59 Å². The highest BCUT2D eigenvalue weighted by atomic mass is 16.4. The van der Waals surface area contributed by atoms with Crippen LogP contribution in [0, 0.1) is 0 Å². The average Bonchev–Trinajstić information content (AvgIpc) is 3.18. The first-order chi connectivity index (χ1) is 11.2. The van der Waals surface area contributed by atoms with Gasteiger partial charge < -0.3 is 14.2 Å². The van der Waals surface area contributed by atoms with Crippen molar-refractivity contribution in [1.82, 2.24) is 9.78 Å². The van der Waals surface area contributed by atoms with E-state index in [2.05, 4.69) is 10.4 Å². The molecule has 7 nitrogen and oxygen atoms in total. The summed E-state index contributed by atoms with van der Waals surface area (Å²) in [4.78, 5) is 23.9. The van der Waals surface area contributed by atoms with Gasteiger partial charge in [0, 0.05) is 5.69 Å². The normalized spacial score (nSPS) is 10.7. The van der Waals surface area contributed by atoms with Crippen molar-refractivity contribution in [3.05, 3.63) is 58.8 Å². The number of hydrogen-bond donors (Lipinski definition) is 1. The molecule has 0 fully saturated rings. The van der Waals surface area contributed by atoms with E-state index in [1.807, 2.05) is 31.2 Å². The number of carbonyl (C=O) groups excluding carboxylic acids is 1. The summed E-state index contributed by atoms with van der Waals surface area (Å²) in [6, 6.07) is 10.8. The Morgan fingerprint density at radius 3 is 2.83 bits per heavy atom. The summed E-state index contributed by atoms with van der Waals surface area (Å²) >= 11 is 0. The minimum atomic E-state index is -0.713. The molecule has 0 aliphatic heterocycles. The maximum absolute atomic E-state index is 12.1. The third-order valence-corrected chi connectivity index (χ3v) is 3.30. The first-order valence-electron chi connectivity index (χ1n) is 7.17. The molecule has 23 heavy (non-hydrogen) atoms. The van der Waals surface area contributed by atoms with E-state index < -0.39 is 5.76 Å². The Balaban J connectivity index is 1.75. The number of amides is 1. The topological polar surface area (TPSA) is 90.3 Å². The van der Waals surface area contributed by atoms with Crippen molar-refractivity contribution in [3.63, 3.8) is 0 Å². The van der Waals surface area contributed by atoms with Gasteiger partial charge in [0.15, 0.2) is 5.76 Å². The largest absolute Gasteiger partial charge is 0.459 e. The van der Waals surface area contributed by atoms with E-state index in [-0.39, 0.29) is 18.3 Å². The number of rotatable bonds is 5. The molecule has 0 bridgehead atoms. The molecule has 118 valence electrons. The van der Waals surface area contributed by atoms with Gasteiger partial charge in [-0.3, -0.25) is 4.79 Å². The van der Waals surface area contributed by atoms with Crippen LogP contribution in [0.1, 0.15) is 12.5 Å². The van der Waals surface area contributed by atoms with Crippen LogP contribution in [0.4, 0.5) is 5.69 Å². The maximum atomic E-state index is 12.1. The second-order valence-electron chi connectivity index (χ2n) is 4.87. The lowest BCUT2D eigenvalue weighted by Crippen LogP contribution is -2.26. The van der Waals surface area contributed by atoms with Crippen LogP contribution in [0.15, 0.2) is 56.3 Å². The lowest BCUT2D eigenvalue weighted by molar-refractivity contribution is -0.117.